The fraction of sp³-hybridized carbons (Fsp3) is 0.333. The van der Waals surface area contributed by atoms with Crippen LogP contribution < -0.4 is 9.92 Å². The molecule has 1 aliphatic rings. The van der Waals surface area contributed by atoms with E-state index in [0.29, 0.717) is 6.61 Å². The predicted octanol–water partition coefficient (Wildman–Crippen LogP) is 7.13. The molecule has 0 saturated heterocycles. The van der Waals surface area contributed by atoms with Gasteiger partial charge in [0, 0.05) is 5.56 Å². The van der Waals surface area contributed by atoms with Crippen molar-refractivity contribution >= 4 is 13.3 Å². The summed E-state index contributed by atoms with van der Waals surface area (Å²) in [6.45, 7) is 18.5. The van der Waals surface area contributed by atoms with Crippen LogP contribution in [0.15, 0.2) is 67.3 Å². The largest absolute Gasteiger partial charge is 0.489 e. The second-order valence-electron chi connectivity index (χ2n) is 10.9. The zero-order chi connectivity index (χ0) is 23.1. The summed E-state index contributed by atoms with van der Waals surface area (Å²) in [7, 11) is -1.80. The number of hydrogen-bond donors (Lipinski definition) is 0. The molecule has 0 unspecified atom stereocenters. The van der Waals surface area contributed by atoms with E-state index in [1.54, 1.807) is 10.8 Å². The van der Waals surface area contributed by atoms with Crippen LogP contribution in [-0.4, -0.2) is 14.7 Å². The minimum atomic E-state index is -1.80. The van der Waals surface area contributed by atoms with Gasteiger partial charge in [-0.3, -0.25) is 0 Å². The first kappa shape index (κ1) is 22.6. The lowest BCUT2D eigenvalue weighted by atomic mass is 9.84. The van der Waals surface area contributed by atoms with Crippen LogP contribution in [-0.2, 0) is 17.9 Å². The molecule has 2 heteroatoms. The number of ether oxygens (including phenoxy) is 1. The third-order valence-electron chi connectivity index (χ3n) is 6.68. The lowest BCUT2D eigenvalue weighted by molar-refractivity contribution is 0.348. The Bertz CT molecular complexity index is 1160. The molecule has 0 saturated carbocycles. The van der Waals surface area contributed by atoms with E-state index in [1.165, 1.54) is 33.4 Å². The Labute approximate surface area is 195 Å². The van der Waals surface area contributed by atoms with E-state index >= 15 is 0 Å². The Morgan fingerprint density at radius 3 is 2.44 bits per heavy atom. The number of hydrogen-bond acceptors (Lipinski definition) is 1. The van der Waals surface area contributed by atoms with Gasteiger partial charge in [-0.1, -0.05) is 112 Å². The third kappa shape index (κ3) is 4.21. The normalized spacial score (nSPS) is 12.9. The highest BCUT2D eigenvalue weighted by atomic mass is 28.3. The second kappa shape index (κ2) is 8.40. The Balaban J connectivity index is 1.78. The molecule has 0 N–H and O–H groups in total. The monoisotopic (exact) mass is 440 g/mol. The molecule has 0 amide bonds. The summed E-state index contributed by atoms with van der Waals surface area (Å²) < 4.78 is 6.33. The van der Waals surface area contributed by atoms with E-state index in [-0.39, 0.29) is 5.41 Å². The first-order valence-corrected chi connectivity index (χ1v) is 14.9. The van der Waals surface area contributed by atoms with Gasteiger partial charge in [-0.15, -0.1) is 0 Å². The predicted molar refractivity (Wildman–Crippen MR) is 141 cm³/mol. The molecule has 0 fully saturated rings. The molecular weight excluding hydrogens is 404 g/mol. The van der Waals surface area contributed by atoms with Gasteiger partial charge in [-0.2, -0.15) is 0 Å². The Morgan fingerprint density at radius 1 is 1.00 bits per heavy atom. The minimum absolute atomic E-state index is 0.0264. The molecule has 0 spiro atoms. The SMILES string of the molecule is C=CCOc1c(C[Si](C)(C)c2cccc3c2Cc2ccccc2-3)cc(C)cc1C(C)(C)C. The van der Waals surface area contributed by atoms with Gasteiger partial charge < -0.3 is 4.74 Å². The topological polar surface area (TPSA) is 9.23 Å². The number of rotatable bonds is 6. The van der Waals surface area contributed by atoms with E-state index in [2.05, 4.69) is 102 Å². The van der Waals surface area contributed by atoms with E-state index in [0.717, 1.165) is 18.2 Å². The summed E-state index contributed by atoms with van der Waals surface area (Å²) in [5.74, 6) is 1.07. The van der Waals surface area contributed by atoms with Gasteiger partial charge in [0.25, 0.3) is 0 Å². The molecule has 0 aliphatic heterocycles. The first-order chi connectivity index (χ1) is 15.1. The van der Waals surface area contributed by atoms with Crippen LogP contribution in [0.1, 0.15) is 48.6 Å². The van der Waals surface area contributed by atoms with Crippen LogP contribution in [0.4, 0.5) is 0 Å². The summed E-state index contributed by atoms with van der Waals surface area (Å²) in [5.41, 5.74) is 9.83. The zero-order valence-electron chi connectivity index (χ0n) is 20.5. The maximum atomic E-state index is 6.33. The molecule has 3 aromatic rings. The maximum Gasteiger partial charge on any atom is 0.126 e. The van der Waals surface area contributed by atoms with Crippen molar-refractivity contribution in [3.63, 3.8) is 0 Å². The van der Waals surface area contributed by atoms with E-state index in [9.17, 15) is 0 Å². The molecule has 32 heavy (non-hydrogen) atoms. The van der Waals surface area contributed by atoms with Crippen molar-refractivity contribution < 1.29 is 4.74 Å². The van der Waals surface area contributed by atoms with E-state index in [1.807, 2.05) is 6.08 Å². The molecule has 3 aromatic carbocycles. The molecule has 0 radical (unpaired) electrons. The fourth-order valence-corrected chi connectivity index (χ4v) is 8.20. The smallest absolute Gasteiger partial charge is 0.126 e. The van der Waals surface area contributed by atoms with Gasteiger partial charge in [-0.25, -0.2) is 0 Å². The molecule has 0 bridgehead atoms. The highest BCUT2D eigenvalue weighted by Crippen LogP contribution is 2.39. The summed E-state index contributed by atoms with van der Waals surface area (Å²) in [4.78, 5) is 0. The van der Waals surface area contributed by atoms with Crippen LogP contribution in [0, 0.1) is 6.92 Å². The first-order valence-electron chi connectivity index (χ1n) is 11.7. The highest BCUT2D eigenvalue weighted by molar-refractivity contribution is 6.89. The van der Waals surface area contributed by atoms with Gasteiger partial charge in [0.2, 0.25) is 0 Å². The van der Waals surface area contributed by atoms with Gasteiger partial charge in [-0.05, 0) is 52.6 Å². The summed E-state index contributed by atoms with van der Waals surface area (Å²) in [6, 6.07) is 21.5. The molecule has 0 heterocycles. The van der Waals surface area contributed by atoms with E-state index < -0.39 is 8.07 Å². The van der Waals surface area contributed by atoms with Crippen molar-refractivity contribution in [1.82, 2.24) is 0 Å². The van der Waals surface area contributed by atoms with Crippen LogP contribution in [0.2, 0.25) is 13.1 Å². The van der Waals surface area contributed by atoms with Crippen LogP contribution in [0.5, 0.6) is 5.75 Å². The van der Waals surface area contributed by atoms with Gasteiger partial charge in [0.05, 0.1) is 8.07 Å². The summed E-state index contributed by atoms with van der Waals surface area (Å²) in [6.07, 6.45) is 2.90. The van der Waals surface area contributed by atoms with Crippen molar-refractivity contribution in [3.05, 3.63) is 95.1 Å². The van der Waals surface area contributed by atoms with Crippen molar-refractivity contribution in [3.8, 4) is 16.9 Å². The molecule has 4 rings (SSSR count). The average Bonchev–Trinajstić information content (AvgIpc) is 3.10. The van der Waals surface area contributed by atoms with Crippen LogP contribution in [0.3, 0.4) is 0 Å². The van der Waals surface area contributed by atoms with Crippen LogP contribution in [0.25, 0.3) is 11.1 Å². The average molecular weight is 441 g/mol. The second-order valence-corrected chi connectivity index (χ2v) is 15.5. The van der Waals surface area contributed by atoms with Gasteiger partial charge in [0.1, 0.15) is 12.4 Å². The lowest BCUT2D eigenvalue weighted by Crippen LogP contribution is -2.46. The standard InChI is InChI=1S/C30H36OSi/c1-8-16-31-29-23(17-21(2)18-27(29)30(3,4)5)20-32(6,7)28-15-11-14-25-24-13-10-9-12-22(24)19-26(25)28/h8-15,17-18H,1,16,19-20H2,2-7H3. The summed E-state index contributed by atoms with van der Waals surface area (Å²) >= 11 is 0. The van der Waals surface area contributed by atoms with Crippen molar-refractivity contribution in [2.75, 3.05) is 6.61 Å². The maximum absolute atomic E-state index is 6.33. The quantitative estimate of drug-likeness (QED) is 0.229. The molecular formula is C30H36OSi. The number of benzene rings is 3. The number of aryl methyl sites for hydroxylation is 1. The summed E-state index contributed by atoms with van der Waals surface area (Å²) in [5, 5.41) is 1.58. The number of fused-ring (bicyclic) bond motifs is 3. The molecule has 166 valence electrons. The Morgan fingerprint density at radius 2 is 1.72 bits per heavy atom. The minimum Gasteiger partial charge on any atom is -0.489 e. The molecule has 1 aliphatic carbocycles. The zero-order valence-corrected chi connectivity index (χ0v) is 21.5. The Hall–Kier alpha value is -2.58. The molecule has 0 aromatic heterocycles. The molecule has 1 nitrogen and oxygen atoms in total. The highest BCUT2D eigenvalue weighted by Gasteiger charge is 2.33. The van der Waals surface area contributed by atoms with E-state index in [4.69, 9.17) is 4.74 Å². The van der Waals surface area contributed by atoms with Crippen molar-refractivity contribution in [2.24, 2.45) is 0 Å². The van der Waals surface area contributed by atoms with Crippen LogP contribution >= 0.6 is 0 Å². The fourth-order valence-electron chi connectivity index (χ4n) is 5.21. The van der Waals surface area contributed by atoms with Crippen molar-refractivity contribution in [2.45, 2.75) is 58.7 Å². The Kier molecular flexibility index (Phi) is 5.94. The van der Waals surface area contributed by atoms with Crippen molar-refractivity contribution in [1.29, 1.82) is 0 Å². The van der Waals surface area contributed by atoms with Gasteiger partial charge in [0.15, 0.2) is 0 Å². The third-order valence-corrected chi connectivity index (χ3v) is 9.87. The van der Waals surface area contributed by atoms with Gasteiger partial charge >= 0.3 is 0 Å². The molecule has 0 atom stereocenters. The lowest BCUT2D eigenvalue weighted by Gasteiger charge is -2.30.